The molecule has 1 aliphatic heterocycles. The van der Waals surface area contributed by atoms with Crippen molar-refractivity contribution in [2.75, 3.05) is 6.61 Å². The lowest BCUT2D eigenvalue weighted by Crippen LogP contribution is -2.29. The summed E-state index contributed by atoms with van der Waals surface area (Å²) in [6.07, 6.45) is 0. The summed E-state index contributed by atoms with van der Waals surface area (Å²) in [5.41, 5.74) is 3.49. The fraction of sp³-hybridized carbons (Fsp3) is 0.333. The Morgan fingerprint density at radius 2 is 1.83 bits per heavy atom. The predicted molar refractivity (Wildman–Crippen MR) is 111 cm³/mol. The second-order valence-corrected chi connectivity index (χ2v) is 8.13. The summed E-state index contributed by atoms with van der Waals surface area (Å²) < 4.78 is 5.18. The summed E-state index contributed by atoms with van der Waals surface area (Å²) in [7, 11) is 0. The summed E-state index contributed by atoms with van der Waals surface area (Å²) in [5, 5.41) is 20.0. The minimum absolute atomic E-state index is 0.0384. The molecule has 0 saturated heterocycles. The van der Waals surface area contributed by atoms with Crippen molar-refractivity contribution in [1.29, 1.82) is 5.26 Å². The quantitative estimate of drug-likeness (QED) is 0.575. The van der Waals surface area contributed by atoms with Crippen molar-refractivity contribution >= 4 is 5.91 Å². The molecule has 3 rings (SSSR count). The normalized spacial score (nSPS) is 16.9. The number of amides is 1. The number of aliphatic hydroxyl groups excluding tert-OH is 1. The molecule has 0 spiro atoms. The Morgan fingerprint density at radius 3 is 2.41 bits per heavy atom. The monoisotopic (exact) mass is 390 g/mol. The highest BCUT2D eigenvalue weighted by Gasteiger charge is 2.40. The number of ether oxygens (including phenoxy) is 1. The van der Waals surface area contributed by atoms with Gasteiger partial charge < -0.3 is 14.7 Å². The number of benzene rings is 2. The van der Waals surface area contributed by atoms with E-state index in [-0.39, 0.29) is 23.5 Å². The van der Waals surface area contributed by atoms with Crippen LogP contribution in [0.1, 0.15) is 60.8 Å². The zero-order valence-electron chi connectivity index (χ0n) is 17.3. The number of fused-ring (bicyclic) bond motifs is 1. The van der Waals surface area contributed by atoms with Gasteiger partial charge in [0, 0.05) is 12.1 Å². The topological polar surface area (TPSA) is 73.6 Å². The average molecular weight is 390 g/mol. The van der Waals surface area contributed by atoms with E-state index < -0.39 is 12.0 Å². The molecular weight excluding hydrogens is 364 g/mol. The summed E-state index contributed by atoms with van der Waals surface area (Å²) in [6, 6.07) is 16.7. The van der Waals surface area contributed by atoms with Gasteiger partial charge in [-0.05, 0) is 35.1 Å². The van der Waals surface area contributed by atoms with Crippen molar-refractivity contribution in [2.45, 2.75) is 45.7 Å². The van der Waals surface area contributed by atoms with E-state index >= 15 is 0 Å². The summed E-state index contributed by atoms with van der Waals surface area (Å²) in [6.45, 7) is 8.74. The standard InChI is InChI=1S/C24H26N2O3/c1-5-29-23(28)20(14-25)21-18-8-6-7-9-19(18)22(27)26(21)15-16-10-12-17(13-11-16)24(2,3)4/h6-13,21,28H,5,15H2,1-4H3/b23-20-. The SMILES string of the molecule is CCO/C(O)=C(/C#N)C1c2ccccc2C(=O)N1Cc1ccc(C(C)(C)C)cc1. The third-order valence-corrected chi connectivity index (χ3v) is 5.14. The molecule has 1 N–H and O–H groups in total. The van der Waals surface area contributed by atoms with Crippen LogP contribution in [0.15, 0.2) is 60.0 Å². The zero-order valence-corrected chi connectivity index (χ0v) is 17.3. The first-order valence-corrected chi connectivity index (χ1v) is 9.73. The van der Waals surface area contributed by atoms with Crippen molar-refractivity contribution in [1.82, 2.24) is 4.90 Å². The summed E-state index contributed by atoms with van der Waals surface area (Å²) >= 11 is 0. The smallest absolute Gasteiger partial charge is 0.293 e. The zero-order chi connectivity index (χ0) is 21.2. The summed E-state index contributed by atoms with van der Waals surface area (Å²) in [5.74, 6) is -0.597. The van der Waals surface area contributed by atoms with E-state index in [1.807, 2.05) is 30.3 Å². The average Bonchev–Trinajstić information content (AvgIpc) is 2.95. The number of aliphatic hydroxyl groups is 1. The van der Waals surface area contributed by atoms with E-state index in [4.69, 9.17) is 4.74 Å². The number of nitrogens with zero attached hydrogens (tertiary/aromatic N) is 2. The molecule has 2 aromatic rings. The molecule has 29 heavy (non-hydrogen) atoms. The first kappa shape index (κ1) is 20.5. The Labute approximate surface area is 171 Å². The van der Waals surface area contributed by atoms with E-state index in [1.165, 1.54) is 5.56 Å². The minimum Gasteiger partial charge on any atom is -0.480 e. The third kappa shape index (κ3) is 3.97. The van der Waals surface area contributed by atoms with E-state index in [0.717, 1.165) is 5.56 Å². The molecule has 1 atom stereocenters. The van der Waals surface area contributed by atoms with Crippen LogP contribution in [0.3, 0.4) is 0 Å². The second kappa shape index (κ2) is 8.00. The molecule has 0 fully saturated rings. The van der Waals surface area contributed by atoms with Crippen molar-refractivity contribution in [3.05, 3.63) is 82.3 Å². The molecular formula is C24H26N2O3. The van der Waals surface area contributed by atoms with Gasteiger partial charge in [-0.15, -0.1) is 0 Å². The van der Waals surface area contributed by atoms with E-state index in [9.17, 15) is 15.2 Å². The highest BCUT2D eigenvalue weighted by Crippen LogP contribution is 2.40. The van der Waals surface area contributed by atoms with Crippen LogP contribution in [-0.4, -0.2) is 22.5 Å². The van der Waals surface area contributed by atoms with Gasteiger partial charge in [0.25, 0.3) is 11.9 Å². The fourth-order valence-corrected chi connectivity index (χ4v) is 3.59. The van der Waals surface area contributed by atoms with Gasteiger partial charge in [-0.3, -0.25) is 4.79 Å². The Morgan fingerprint density at radius 1 is 1.17 bits per heavy atom. The van der Waals surface area contributed by atoms with Gasteiger partial charge in [0.2, 0.25) is 0 Å². The molecule has 1 amide bonds. The Bertz CT molecular complexity index is 978. The number of carbonyl (C=O) groups is 1. The molecule has 0 saturated carbocycles. The molecule has 5 nitrogen and oxygen atoms in total. The van der Waals surface area contributed by atoms with Crippen LogP contribution in [0, 0.1) is 11.3 Å². The minimum atomic E-state index is -0.683. The van der Waals surface area contributed by atoms with Crippen LogP contribution in [0.4, 0.5) is 0 Å². The second-order valence-electron chi connectivity index (χ2n) is 8.13. The van der Waals surface area contributed by atoms with Gasteiger partial charge in [0.15, 0.2) is 0 Å². The van der Waals surface area contributed by atoms with Crippen LogP contribution in [-0.2, 0) is 16.7 Å². The van der Waals surface area contributed by atoms with Gasteiger partial charge >= 0.3 is 0 Å². The van der Waals surface area contributed by atoms with Crippen LogP contribution in [0.25, 0.3) is 0 Å². The molecule has 2 aromatic carbocycles. The molecule has 5 heteroatoms. The van der Waals surface area contributed by atoms with Crippen molar-refractivity contribution in [3.8, 4) is 6.07 Å². The highest BCUT2D eigenvalue weighted by atomic mass is 16.6. The van der Waals surface area contributed by atoms with Gasteiger partial charge in [0.05, 0.1) is 6.61 Å². The molecule has 0 radical (unpaired) electrons. The lowest BCUT2D eigenvalue weighted by molar-refractivity contribution is 0.0700. The lowest BCUT2D eigenvalue weighted by atomic mass is 9.86. The summed E-state index contributed by atoms with van der Waals surface area (Å²) in [4.78, 5) is 14.7. The number of carbonyl (C=O) groups excluding carboxylic acids is 1. The van der Waals surface area contributed by atoms with E-state index in [1.54, 1.807) is 24.0 Å². The van der Waals surface area contributed by atoms with Crippen molar-refractivity contribution in [2.24, 2.45) is 0 Å². The fourth-order valence-electron chi connectivity index (χ4n) is 3.59. The van der Waals surface area contributed by atoms with Crippen LogP contribution in [0.5, 0.6) is 0 Å². The van der Waals surface area contributed by atoms with Gasteiger partial charge in [-0.25, -0.2) is 0 Å². The molecule has 0 bridgehead atoms. The number of hydrogen-bond donors (Lipinski definition) is 1. The van der Waals surface area contributed by atoms with E-state index in [2.05, 4.69) is 32.9 Å². The number of nitriles is 1. The largest absolute Gasteiger partial charge is 0.480 e. The van der Waals surface area contributed by atoms with E-state index in [0.29, 0.717) is 17.7 Å². The maximum atomic E-state index is 13.1. The Kier molecular flexibility index (Phi) is 5.65. The van der Waals surface area contributed by atoms with Crippen molar-refractivity contribution in [3.63, 3.8) is 0 Å². The third-order valence-electron chi connectivity index (χ3n) is 5.14. The number of hydrogen-bond acceptors (Lipinski definition) is 4. The van der Waals surface area contributed by atoms with Gasteiger partial charge in [-0.2, -0.15) is 5.26 Å². The molecule has 1 aliphatic rings. The number of rotatable bonds is 5. The molecule has 1 unspecified atom stereocenters. The first-order valence-electron chi connectivity index (χ1n) is 9.73. The first-order chi connectivity index (χ1) is 13.8. The highest BCUT2D eigenvalue weighted by molar-refractivity contribution is 5.99. The molecule has 150 valence electrons. The molecule has 0 aromatic heterocycles. The van der Waals surface area contributed by atoms with Crippen LogP contribution < -0.4 is 0 Å². The molecule has 0 aliphatic carbocycles. The maximum absolute atomic E-state index is 13.1. The van der Waals surface area contributed by atoms with Crippen LogP contribution >= 0.6 is 0 Å². The lowest BCUT2D eigenvalue weighted by Gasteiger charge is -2.26. The predicted octanol–water partition coefficient (Wildman–Crippen LogP) is 5.01. The van der Waals surface area contributed by atoms with Crippen LogP contribution in [0.2, 0.25) is 0 Å². The van der Waals surface area contributed by atoms with Gasteiger partial charge in [-0.1, -0.05) is 63.2 Å². The molecule has 1 heterocycles. The van der Waals surface area contributed by atoms with Gasteiger partial charge in [0.1, 0.15) is 17.7 Å². The Hall–Kier alpha value is -3.26. The Balaban J connectivity index is 2.01. The van der Waals surface area contributed by atoms with Crippen molar-refractivity contribution < 1.29 is 14.6 Å². The maximum Gasteiger partial charge on any atom is 0.293 e.